The molecule has 0 saturated carbocycles. The van der Waals surface area contributed by atoms with Crippen molar-refractivity contribution in [2.75, 3.05) is 5.75 Å². The number of rotatable bonds is 2. The molecule has 1 aliphatic rings. The Morgan fingerprint density at radius 2 is 2.31 bits per heavy atom. The molecular formula is C11H16S2. The number of fused-ring (bicyclic) bond motifs is 1. The van der Waals surface area contributed by atoms with E-state index in [1.165, 1.54) is 12.2 Å². The van der Waals surface area contributed by atoms with Gasteiger partial charge in [-0.2, -0.15) is 0 Å². The first-order valence-corrected chi connectivity index (χ1v) is 6.78. The van der Waals surface area contributed by atoms with Gasteiger partial charge in [0.15, 0.2) is 0 Å². The summed E-state index contributed by atoms with van der Waals surface area (Å²) >= 11 is 3.96. The summed E-state index contributed by atoms with van der Waals surface area (Å²) < 4.78 is 1.57. The van der Waals surface area contributed by atoms with Gasteiger partial charge < -0.3 is 0 Å². The summed E-state index contributed by atoms with van der Waals surface area (Å²) in [6, 6.07) is 2.34. The van der Waals surface area contributed by atoms with Gasteiger partial charge in [0.1, 0.15) is 0 Å². The predicted octanol–water partition coefficient (Wildman–Crippen LogP) is 4.16. The van der Waals surface area contributed by atoms with Crippen molar-refractivity contribution in [3.8, 4) is 0 Å². The normalized spacial score (nSPS) is 26.8. The van der Waals surface area contributed by atoms with Crippen molar-refractivity contribution in [2.45, 2.75) is 36.8 Å². The lowest BCUT2D eigenvalue weighted by atomic mass is 9.72. The van der Waals surface area contributed by atoms with Crippen LogP contribution in [0.15, 0.2) is 15.7 Å². The van der Waals surface area contributed by atoms with Crippen molar-refractivity contribution in [3.63, 3.8) is 0 Å². The molecule has 0 radical (unpaired) electrons. The molecule has 0 N–H and O–H groups in total. The zero-order valence-corrected chi connectivity index (χ0v) is 10.1. The smallest absolute Gasteiger partial charge is 0.0636 e. The molecule has 72 valence electrons. The van der Waals surface area contributed by atoms with Crippen LogP contribution in [0.1, 0.15) is 32.8 Å². The number of thioether (sulfide) groups is 1. The molecule has 0 saturated heterocycles. The molecule has 0 bridgehead atoms. The number of thiophene rings is 1. The van der Waals surface area contributed by atoms with Crippen molar-refractivity contribution < 1.29 is 0 Å². The molecule has 1 aromatic heterocycles. The maximum Gasteiger partial charge on any atom is 0.0636 e. The molecule has 0 spiro atoms. The monoisotopic (exact) mass is 212 g/mol. The van der Waals surface area contributed by atoms with Gasteiger partial charge in [-0.1, -0.05) is 20.8 Å². The second-order valence-electron chi connectivity index (χ2n) is 4.07. The van der Waals surface area contributed by atoms with Gasteiger partial charge in [0, 0.05) is 11.2 Å². The average Bonchev–Trinajstić information content (AvgIpc) is 2.62. The third-order valence-electron chi connectivity index (χ3n) is 3.36. The van der Waals surface area contributed by atoms with Crippen molar-refractivity contribution in [1.82, 2.24) is 0 Å². The fourth-order valence-electron chi connectivity index (χ4n) is 2.23. The topological polar surface area (TPSA) is 0 Å². The SMILES string of the molecule is CCC1(C(C)C)CSc2sccc21. The quantitative estimate of drug-likeness (QED) is 0.709. The van der Waals surface area contributed by atoms with Crippen LogP contribution in [0.2, 0.25) is 0 Å². The Bertz CT molecular complexity index is 301. The van der Waals surface area contributed by atoms with Crippen LogP contribution in [0.5, 0.6) is 0 Å². The number of hydrogen-bond donors (Lipinski definition) is 0. The largest absolute Gasteiger partial charge is 0.137 e. The Labute approximate surface area is 88.7 Å². The van der Waals surface area contributed by atoms with Gasteiger partial charge in [-0.3, -0.25) is 0 Å². The highest BCUT2D eigenvalue weighted by Crippen LogP contribution is 2.52. The van der Waals surface area contributed by atoms with Crippen molar-refractivity contribution >= 4 is 23.1 Å². The highest BCUT2D eigenvalue weighted by Gasteiger charge is 2.40. The van der Waals surface area contributed by atoms with Crippen molar-refractivity contribution in [1.29, 1.82) is 0 Å². The highest BCUT2D eigenvalue weighted by atomic mass is 32.2. The molecule has 2 rings (SSSR count). The zero-order valence-electron chi connectivity index (χ0n) is 8.46. The third-order valence-corrected chi connectivity index (χ3v) is 5.85. The Hall–Kier alpha value is 0.0500. The van der Waals surface area contributed by atoms with E-state index in [-0.39, 0.29) is 0 Å². The van der Waals surface area contributed by atoms with Gasteiger partial charge in [0.05, 0.1) is 4.21 Å². The lowest BCUT2D eigenvalue weighted by molar-refractivity contribution is 0.336. The molecule has 1 aromatic rings. The summed E-state index contributed by atoms with van der Waals surface area (Å²) in [6.45, 7) is 7.04. The summed E-state index contributed by atoms with van der Waals surface area (Å²) in [6.07, 6.45) is 1.28. The predicted molar refractivity (Wildman–Crippen MR) is 61.9 cm³/mol. The molecule has 2 heterocycles. The van der Waals surface area contributed by atoms with Crippen LogP contribution in [-0.2, 0) is 5.41 Å². The molecule has 0 aromatic carbocycles. The van der Waals surface area contributed by atoms with Gasteiger partial charge in [0.2, 0.25) is 0 Å². The zero-order chi connectivity index (χ0) is 9.47. The van der Waals surface area contributed by atoms with Gasteiger partial charge in [-0.25, -0.2) is 0 Å². The van der Waals surface area contributed by atoms with E-state index in [0.29, 0.717) is 5.41 Å². The van der Waals surface area contributed by atoms with Crippen LogP contribution >= 0.6 is 23.1 Å². The Morgan fingerprint density at radius 3 is 2.92 bits per heavy atom. The molecule has 0 fully saturated rings. The molecule has 0 nitrogen and oxygen atoms in total. The van der Waals surface area contributed by atoms with E-state index < -0.39 is 0 Å². The maximum absolute atomic E-state index is 2.36. The van der Waals surface area contributed by atoms with Crippen molar-refractivity contribution in [3.05, 3.63) is 17.0 Å². The molecular weight excluding hydrogens is 196 g/mol. The summed E-state index contributed by atoms with van der Waals surface area (Å²) in [5.74, 6) is 2.06. The minimum atomic E-state index is 0.472. The van der Waals surface area contributed by atoms with E-state index in [1.54, 1.807) is 9.77 Å². The second kappa shape index (κ2) is 3.32. The van der Waals surface area contributed by atoms with Gasteiger partial charge in [-0.05, 0) is 29.3 Å². The fourth-order valence-corrected chi connectivity index (χ4v) is 5.08. The van der Waals surface area contributed by atoms with E-state index >= 15 is 0 Å². The number of hydrogen-bond acceptors (Lipinski definition) is 2. The first kappa shape index (κ1) is 9.60. The molecule has 2 heteroatoms. The van der Waals surface area contributed by atoms with E-state index in [1.807, 2.05) is 11.3 Å². The summed E-state index contributed by atoms with van der Waals surface area (Å²) in [5.41, 5.74) is 2.10. The summed E-state index contributed by atoms with van der Waals surface area (Å²) in [7, 11) is 0. The van der Waals surface area contributed by atoms with Crippen LogP contribution < -0.4 is 0 Å². The first-order chi connectivity index (χ1) is 6.20. The molecule has 1 aliphatic heterocycles. The molecule has 13 heavy (non-hydrogen) atoms. The van der Waals surface area contributed by atoms with E-state index in [2.05, 4.69) is 44.0 Å². The van der Waals surface area contributed by atoms with Crippen LogP contribution in [-0.4, -0.2) is 5.75 Å². The second-order valence-corrected chi connectivity index (χ2v) is 6.23. The standard InChI is InChI=1S/C11H16S2/c1-4-11(8(2)3)7-13-10-9(11)5-6-12-10/h5-6,8H,4,7H2,1-3H3. The van der Waals surface area contributed by atoms with Gasteiger partial charge in [0.25, 0.3) is 0 Å². The molecule has 0 aliphatic carbocycles. The third kappa shape index (κ3) is 1.26. The minimum absolute atomic E-state index is 0.472. The Kier molecular flexibility index (Phi) is 2.45. The Morgan fingerprint density at radius 1 is 1.54 bits per heavy atom. The fraction of sp³-hybridized carbons (Fsp3) is 0.636. The van der Waals surface area contributed by atoms with Gasteiger partial charge >= 0.3 is 0 Å². The maximum atomic E-state index is 2.36. The van der Waals surface area contributed by atoms with E-state index in [0.717, 1.165) is 5.92 Å². The summed E-state index contributed by atoms with van der Waals surface area (Å²) in [4.78, 5) is 0. The average molecular weight is 212 g/mol. The lowest BCUT2D eigenvalue weighted by Crippen LogP contribution is -2.31. The minimum Gasteiger partial charge on any atom is -0.137 e. The van der Waals surface area contributed by atoms with Crippen LogP contribution in [0.25, 0.3) is 0 Å². The van der Waals surface area contributed by atoms with Crippen molar-refractivity contribution in [2.24, 2.45) is 5.92 Å². The van der Waals surface area contributed by atoms with Crippen LogP contribution in [0, 0.1) is 5.92 Å². The van der Waals surface area contributed by atoms with Crippen LogP contribution in [0.3, 0.4) is 0 Å². The first-order valence-electron chi connectivity index (χ1n) is 4.91. The Balaban J connectivity index is 2.45. The van der Waals surface area contributed by atoms with E-state index in [9.17, 15) is 0 Å². The highest BCUT2D eigenvalue weighted by molar-refractivity contribution is 8.01. The molecule has 0 amide bonds. The van der Waals surface area contributed by atoms with E-state index in [4.69, 9.17) is 0 Å². The van der Waals surface area contributed by atoms with Gasteiger partial charge in [-0.15, -0.1) is 23.1 Å². The van der Waals surface area contributed by atoms with Crippen LogP contribution in [0.4, 0.5) is 0 Å². The lowest BCUT2D eigenvalue weighted by Gasteiger charge is -2.32. The molecule has 1 unspecified atom stereocenters. The molecule has 1 atom stereocenters. The summed E-state index contributed by atoms with van der Waals surface area (Å²) in [5, 5.41) is 2.24.